The third-order valence-electron chi connectivity index (χ3n) is 5.06. The van der Waals surface area contributed by atoms with Gasteiger partial charge >= 0.3 is 0 Å². The van der Waals surface area contributed by atoms with Gasteiger partial charge in [0, 0.05) is 30.3 Å². The summed E-state index contributed by atoms with van der Waals surface area (Å²) in [4.78, 5) is 12.6. The molecule has 4 aromatic rings. The highest BCUT2D eigenvalue weighted by Crippen LogP contribution is 2.33. The number of hydrogen-bond donors (Lipinski definition) is 2. The van der Waals surface area contributed by atoms with E-state index in [1.807, 2.05) is 24.3 Å². The summed E-state index contributed by atoms with van der Waals surface area (Å²) in [5.41, 5.74) is 7.27. The van der Waals surface area contributed by atoms with Crippen LogP contribution in [-0.4, -0.2) is 43.4 Å². The Hall–Kier alpha value is -2.94. The maximum Gasteiger partial charge on any atom is 0.161 e. The van der Waals surface area contributed by atoms with Crippen molar-refractivity contribution in [1.82, 2.24) is 19.5 Å². The van der Waals surface area contributed by atoms with Crippen molar-refractivity contribution in [1.29, 1.82) is 0 Å². The molecule has 0 radical (unpaired) electrons. The van der Waals surface area contributed by atoms with Crippen LogP contribution in [0.1, 0.15) is 12.6 Å². The average molecular weight is 412 g/mol. The van der Waals surface area contributed by atoms with E-state index in [1.54, 1.807) is 23.0 Å². The van der Waals surface area contributed by atoms with Crippen LogP contribution in [-0.2, 0) is 4.74 Å². The Kier molecular flexibility index (Phi) is 4.46. The summed E-state index contributed by atoms with van der Waals surface area (Å²) >= 11 is 6.32. The lowest BCUT2D eigenvalue weighted by Gasteiger charge is -2.18. The van der Waals surface area contributed by atoms with Crippen LogP contribution >= 0.6 is 11.6 Å². The number of ether oxygens (including phenoxy) is 2. The Morgan fingerprint density at radius 2 is 2.14 bits per heavy atom. The molecule has 0 saturated carbocycles. The number of nitrogens with two attached hydrogens (primary N) is 1. The molecule has 4 heterocycles. The average Bonchev–Trinajstić information content (AvgIpc) is 3.30. The van der Waals surface area contributed by atoms with Crippen LogP contribution in [0.4, 0.5) is 5.82 Å². The number of nitrogens with zero attached hydrogens (tertiary/aromatic N) is 4. The molecule has 3 N–H and O–H groups in total. The van der Waals surface area contributed by atoms with Gasteiger partial charge in [0.15, 0.2) is 6.23 Å². The molecule has 0 amide bonds. The Labute approximate surface area is 170 Å². The van der Waals surface area contributed by atoms with Crippen molar-refractivity contribution in [2.75, 3.05) is 12.3 Å². The smallest absolute Gasteiger partial charge is 0.161 e. The summed E-state index contributed by atoms with van der Waals surface area (Å²) in [6, 6.07) is 9.16. The standard InChI is InChI=1S/C20H18ClN5O3/c21-15-6-11(7-16-13(15)2-1-4-23-16)28-9-12-8-17(27)20(29-12)26-5-3-14-18(22)24-10-25-19(14)26/h1-7,10,12,17,20,27H,8-9H2,(H2,22,24,25)/t12-,17+,20+/m0/s1. The summed E-state index contributed by atoms with van der Waals surface area (Å²) in [6.07, 6.45) is 3.78. The minimum absolute atomic E-state index is 0.276. The molecule has 5 rings (SSSR count). The van der Waals surface area contributed by atoms with Crippen molar-refractivity contribution >= 4 is 39.4 Å². The first-order chi connectivity index (χ1) is 14.1. The number of anilines is 1. The van der Waals surface area contributed by atoms with Crippen LogP contribution in [0.5, 0.6) is 5.75 Å². The van der Waals surface area contributed by atoms with Gasteiger partial charge in [-0.2, -0.15) is 0 Å². The molecule has 1 aliphatic rings. The van der Waals surface area contributed by atoms with Crippen molar-refractivity contribution in [2.45, 2.75) is 24.9 Å². The summed E-state index contributed by atoms with van der Waals surface area (Å²) in [5.74, 6) is 0.998. The third kappa shape index (κ3) is 3.25. The van der Waals surface area contributed by atoms with Gasteiger partial charge in [-0.3, -0.25) is 4.98 Å². The molecule has 0 bridgehead atoms. The van der Waals surface area contributed by atoms with Crippen molar-refractivity contribution in [3.63, 3.8) is 0 Å². The zero-order valence-electron chi connectivity index (χ0n) is 15.3. The van der Waals surface area contributed by atoms with E-state index < -0.39 is 12.3 Å². The molecule has 8 nitrogen and oxygen atoms in total. The van der Waals surface area contributed by atoms with Gasteiger partial charge < -0.3 is 24.9 Å². The number of aliphatic hydroxyl groups excluding tert-OH is 1. The monoisotopic (exact) mass is 411 g/mol. The molecule has 1 fully saturated rings. The molecule has 3 aromatic heterocycles. The lowest BCUT2D eigenvalue weighted by molar-refractivity contribution is -0.0454. The van der Waals surface area contributed by atoms with Gasteiger partial charge in [0.1, 0.15) is 36.3 Å². The number of aromatic nitrogens is 4. The molecule has 1 saturated heterocycles. The first-order valence-electron chi connectivity index (χ1n) is 9.18. The molecule has 148 valence electrons. The number of halogens is 1. The highest BCUT2D eigenvalue weighted by Gasteiger charge is 2.36. The van der Waals surface area contributed by atoms with Gasteiger partial charge in [-0.25, -0.2) is 9.97 Å². The summed E-state index contributed by atoms with van der Waals surface area (Å²) < 4.78 is 13.7. The fourth-order valence-corrected chi connectivity index (χ4v) is 3.94. The molecule has 1 aromatic carbocycles. The Morgan fingerprint density at radius 1 is 1.24 bits per heavy atom. The molecule has 0 aliphatic carbocycles. The molecule has 3 atom stereocenters. The Morgan fingerprint density at radius 3 is 3.03 bits per heavy atom. The van der Waals surface area contributed by atoms with E-state index in [1.165, 1.54) is 6.33 Å². The number of rotatable bonds is 4. The molecular formula is C20H18ClN5O3. The van der Waals surface area contributed by atoms with Crippen LogP contribution in [0.25, 0.3) is 21.9 Å². The SMILES string of the molecule is Nc1ncnc2c1ccn2[C@@H]1O[C@H](COc2cc(Cl)c3cccnc3c2)C[C@H]1O. The van der Waals surface area contributed by atoms with Crippen molar-refractivity contribution in [3.05, 3.63) is 54.1 Å². The predicted molar refractivity (Wildman–Crippen MR) is 109 cm³/mol. The van der Waals surface area contributed by atoms with Crippen LogP contribution in [0.15, 0.2) is 49.1 Å². The third-order valence-corrected chi connectivity index (χ3v) is 5.37. The lowest BCUT2D eigenvalue weighted by Crippen LogP contribution is -2.19. The number of aliphatic hydroxyl groups is 1. The van der Waals surface area contributed by atoms with E-state index in [0.717, 1.165) is 16.3 Å². The maximum absolute atomic E-state index is 10.5. The molecule has 0 spiro atoms. The Bertz CT molecular complexity index is 1200. The fourth-order valence-electron chi connectivity index (χ4n) is 3.67. The second kappa shape index (κ2) is 7.14. The fraction of sp³-hybridized carbons (Fsp3) is 0.250. The predicted octanol–water partition coefficient (Wildman–Crippen LogP) is 2.94. The van der Waals surface area contributed by atoms with Crippen LogP contribution < -0.4 is 10.5 Å². The number of benzene rings is 1. The van der Waals surface area contributed by atoms with Crippen LogP contribution in [0.3, 0.4) is 0 Å². The van der Waals surface area contributed by atoms with Crippen molar-refractivity contribution in [2.24, 2.45) is 0 Å². The second-order valence-corrected chi connectivity index (χ2v) is 7.36. The normalized spacial score (nSPS) is 21.8. The molecular weight excluding hydrogens is 394 g/mol. The first kappa shape index (κ1) is 18.1. The van der Waals surface area contributed by atoms with Gasteiger partial charge in [-0.1, -0.05) is 11.6 Å². The summed E-state index contributed by atoms with van der Waals surface area (Å²) in [7, 11) is 0. The first-order valence-corrected chi connectivity index (χ1v) is 9.55. The number of nitrogen functional groups attached to an aromatic ring is 1. The summed E-state index contributed by atoms with van der Waals surface area (Å²) in [6.45, 7) is 0.276. The number of hydrogen-bond acceptors (Lipinski definition) is 7. The zero-order chi connectivity index (χ0) is 20.0. The van der Waals surface area contributed by atoms with E-state index in [4.69, 9.17) is 26.8 Å². The minimum Gasteiger partial charge on any atom is -0.491 e. The largest absolute Gasteiger partial charge is 0.491 e. The van der Waals surface area contributed by atoms with Crippen LogP contribution in [0.2, 0.25) is 5.02 Å². The van der Waals surface area contributed by atoms with Gasteiger partial charge in [0.2, 0.25) is 0 Å². The Balaban J connectivity index is 1.32. The topological polar surface area (TPSA) is 108 Å². The van der Waals surface area contributed by atoms with Gasteiger partial charge in [-0.15, -0.1) is 0 Å². The highest BCUT2D eigenvalue weighted by molar-refractivity contribution is 6.35. The van der Waals surface area contributed by atoms with Gasteiger partial charge in [0.25, 0.3) is 0 Å². The van der Waals surface area contributed by atoms with Crippen molar-refractivity contribution < 1.29 is 14.6 Å². The number of pyridine rings is 1. The quantitative estimate of drug-likeness (QED) is 0.531. The van der Waals surface area contributed by atoms with E-state index in [0.29, 0.717) is 28.7 Å². The summed E-state index contributed by atoms with van der Waals surface area (Å²) in [5, 5.41) is 12.7. The molecule has 1 aliphatic heterocycles. The zero-order valence-corrected chi connectivity index (χ0v) is 16.0. The lowest BCUT2D eigenvalue weighted by atomic mass is 10.2. The van der Waals surface area contributed by atoms with Gasteiger partial charge in [-0.05, 0) is 24.3 Å². The van der Waals surface area contributed by atoms with Crippen molar-refractivity contribution in [3.8, 4) is 5.75 Å². The second-order valence-electron chi connectivity index (χ2n) is 6.96. The number of fused-ring (bicyclic) bond motifs is 2. The van der Waals surface area contributed by atoms with E-state index >= 15 is 0 Å². The molecule has 0 unspecified atom stereocenters. The van der Waals surface area contributed by atoms with Gasteiger partial charge in [0.05, 0.1) is 22.0 Å². The maximum atomic E-state index is 10.5. The van der Waals surface area contributed by atoms with E-state index in [9.17, 15) is 5.11 Å². The highest BCUT2D eigenvalue weighted by atomic mass is 35.5. The van der Waals surface area contributed by atoms with E-state index in [-0.39, 0.29) is 12.7 Å². The minimum atomic E-state index is -0.697. The van der Waals surface area contributed by atoms with E-state index in [2.05, 4.69) is 15.0 Å². The van der Waals surface area contributed by atoms with Crippen LogP contribution in [0, 0.1) is 0 Å². The molecule has 29 heavy (non-hydrogen) atoms. The molecule has 9 heteroatoms.